The summed E-state index contributed by atoms with van der Waals surface area (Å²) in [6, 6.07) is 15.1. The minimum Gasteiger partial charge on any atom is -0.441 e. The maximum Gasteiger partial charge on any atom is 0.405 e. The predicted octanol–water partition coefficient (Wildman–Crippen LogP) is 4.27. The van der Waals surface area contributed by atoms with Crippen molar-refractivity contribution in [2.75, 3.05) is 0 Å². The number of nitrogens with zero attached hydrogens (tertiary/aromatic N) is 2. The van der Waals surface area contributed by atoms with E-state index in [1.54, 1.807) is 0 Å². The molecule has 0 aliphatic carbocycles. The molecule has 2 aromatic carbocycles. The van der Waals surface area contributed by atoms with Crippen LogP contribution in [0.1, 0.15) is 39.4 Å². The van der Waals surface area contributed by atoms with Gasteiger partial charge in [-0.15, -0.1) is 0 Å². The Hall–Kier alpha value is -3.15. The second-order valence-corrected chi connectivity index (χ2v) is 7.82. The minimum absolute atomic E-state index is 0.0962. The summed E-state index contributed by atoms with van der Waals surface area (Å²) in [5.74, 6) is 0. The average molecular weight is 379 g/mol. The van der Waals surface area contributed by atoms with Crippen molar-refractivity contribution in [3.05, 3.63) is 64.4 Å². The normalized spacial score (nSPS) is 12.7. The summed E-state index contributed by atoms with van der Waals surface area (Å²) >= 11 is 0. The monoisotopic (exact) mass is 379 g/mol. The van der Waals surface area contributed by atoms with Crippen molar-refractivity contribution in [1.82, 2.24) is 9.78 Å². The number of rotatable bonds is 4. The first-order valence-electron chi connectivity index (χ1n) is 9.28. The molecule has 146 valence electrons. The number of carbonyl (C=O) groups is 1. The van der Waals surface area contributed by atoms with Crippen LogP contribution in [0.25, 0.3) is 22.0 Å². The Labute approximate surface area is 163 Å². The molecule has 0 saturated heterocycles. The SMILES string of the molecule is CCn1nc(-c2ccc(C(OC(N)=O)C(C)(C)C)cc2)c2ccccc2c1=O. The predicted molar refractivity (Wildman–Crippen MR) is 110 cm³/mol. The Kier molecular flexibility index (Phi) is 5.23. The third kappa shape index (κ3) is 3.76. The number of amides is 1. The van der Waals surface area contributed by atoms with Gasteiger partial charge in [-0.3, -0.25) is 4.79 Å². The van der Waals surface area contributed by atoms with E-state index in [-0.39, 0.29) is 11.0 Å². The van der Waals surface area contributed by atoms with Crippen molar-refractivity contribution in [3.8, 4) is 11.3 Å². The van der Waals surface area contributed by atoms with E-state index in [0.717, 1.165) is 22.2 Å². The summed E-state index contributed by atoms with van der Waals surface area (Å²) in [7, 11) is 0. The fourth-order valence-corrected chi connectivity index (χ4v) is 3.34. The zero-order valence-electron chi connectivity index (χ0n) is 16.6. The third-order valence-electron chi connectivity index (χ3n) is 4.67. The van der Waals surface area contributed by atoms with Crippen LogP contribution in [0.15, 0.2) is 53.3 Å². The molecule has 0 bridgehead atoms. The standard InChI is InChI=1S/C22H25N3O3/c1-5-25-20(26)17-9-7-6-8-16(17)18(24-25)14-10-12-15(13-11-14)19(22(2,3)4)28-21(23)27/h6-13,19H,5H2,1-4H3,(H2,23,27). The van der Waals surface area contributed by atoms with Gasteiger partial charge in [0.05, 0.1) is 11.1 Å². The summed E-state index contributed by atoms with van der Waals surface area (Å²) < 4.78 is 6.82. The first kappa shape index (κ1) is 19.6. The molecule has 1 amide bonds. The fourth-order valence-electron chi connectivity index (χ4n) is 3.34. The third-order valence-corrected chi connectivity index (χ3v) is 4.67. The van der Waals surface area contributed by atoms with E-state index >= 15 is 0 Å². The maximum absolute atomic E-state index is 12.5. The van der Waals surface area contributed by atoms with Crippen molar-refractivity contribution in [2.45, 2.75) is 40.3 Å². The van der Waals surface area contributed by atoms with E-state index in [4.69, 9.17) is 10.5 Å². The van der Waals surface area contributed by atoms with Crippen molar-refractivity contribution in [3.63, 3.8) is 0 Å². The minimum atomic E-state index is -0.799. The second kappa shape index (κ2) is 7.46. The van der Waals surface area contributed by atoms with E-state index in [1.807, 2.05) is 76.2 Å². The van der Waals surface area contributed by atoms with Crippen LogP contribution in [0.4, 0.5) is 4.79 Å². The molecule has 1 unspecified atom stereocenters. The highest BCUT2D eigenvalue weighted by Crippen LogP contribution is 2.37. The number of hydrogen-bond acceptors (Lipinski definition) is 4. The molecule has 1 aromatic heterocycles. The van der Waals surface area contributed by atoms with Crippen molar-refractivity contribution >= 4 is 16.9 Å². The Morgan fingerprint density at radius 1 is 1.11 bits per heavy atom. The smallest absolute Gasteiger partial charge is 0.405 e. The molecule has 6 heteroatoms. The molecule has 0 aliphatic rings. The van der Waals surface area contributed by atoms with Crippen molar-refractivity contribution < 1.29 is 9.53 Å². The summed E-state index contributed by atoms with van der Waals surface area (Å²) in [4.78, 5) is 23.9. The van der Waals surface area contributed by atoms with Gasteiger partial charge in [0.25, 0.3) is 5.56 Å². The van der Waals surface area contributed by atoms with Gasteiger partial charge in [0.1, 0.15) is 6.10 Å². The lowest BCUT2D eigenvalue weighted by molar-refractivity contribution is 0.0360. The van der Waals surface area contributed by atoms with Gasteiger partial charge in [-0.2, -0.15) is 5.10 Å². The van der Waals surface area contributed by atoms with Gasteiger partial charge in [-0.25, -0.2) is 9.48 Å². The second-order valence-electron chi connectivity index (χ2n) is 7.82. The molecule has 0 aliphatic heterocycles. The molecule has 28 heavy (non-hydrogen) atoms. The molecule has 0 spiro atoms. The quantitative estimate of drug-likeness (QED) is 0.733. The highest BCUT2D eigenvalue weighted by Gasteiger charge is 2.29. The molecule has 3 rings (SSSR count). The van der Waals surface area contributed by atoms with Crippen LogP contribution < -0.4 is 11.3 Å². The van der Waals surface area contributed by atoms with Gasteiger partial charge in [-0.1, -0.05) is 63.2 Å². The summed E-state index contributed by atoms with van der Waals surface area (Å²) in [5.41, 5.74) is 7.32. The number of primary amides is 1. The van der Waals surface area contributed by atoms with Crippen LogP contribution in [-0.4, -0.2) is 15.9 Å². The molecule has 6 nitrogen and oxygen atoms in total. The van der Waals surface area contributed by atoms with Crippen LogP contribution in [0, 0.1) is 5.41 Å². The number of carbonyl (C=O) groups excluding carboxylic acids is 1. The Balaban J connectivity index is 2.10. The van der Waals surface area contributed by atoms with Crippen LogP contribution in [-0.2, 0) is 11.3 Å². The fraction of sp³-hybridized carbons (Fsp3) is 0.318. The van der Waals surface area contributed by atoms with E-state index < -0.39 is 12.2 Å². The van der Waals surface area contributed by atoms with Crippen molar-refractivity contribution in [1.29, 1.82) is 0 Å². The van der Waals surface area contributed by atoms with E-state index in [0.29, 0.717) is 11.9 Å². The number of hydrogen-bond donors (Lipinski definition) is 1. The lowest BCUT2D eigenvalue weighted by atomic mass is 9.84. The van der Waals surface area contributed by atoms with Gasteiger partial charge < -0.3 is 10.5 Å². The van der Waals surface area contributed by atoms with E-state index in [1.165, 1.54) is 4.68 Å². The molecule has 1 heterocycles. The van der Waals surface area contributed by atoms with E-state index in [9.17, 15) is 9.59 Å². The number of nitrogens with two attached hydrogens (primary N) is 1. The molecule has 0 saturated carbocycles. The molecular formula is C22H25N3O3. The number of benzene rings is 2. The van der Waals surface area contributed by atoms with Gasteiger partial charge in [0, 0.05) is 22.9 Å². The van der Waals surface area contributed by atoms with Crippen molar-refractivity contribution in [2.24, 2.45) is 11.1 Å². The zero-order chi connectivity index (χ0) is 20.5. The first-order valence-corrected chi connectivity index (χ1v) is 9.28. The molecule has 1 atom stereocenters. The average Bonchev–Trinajstić information content (AvgIpc) is 2.66. The molecule has 2 N–H and O–H groups in total. The highest BCUT2D eigenvalue weighted by atomic mass is 16.6. The summed E-state index contributed by atoms with van der Waals surface area (Å²) in [6.45, 7) is 8.35. The topological polar surface area (TPSA) is 87.2 Å². The molecular weight excluding hydrogens is 354 g/mol. The lowest BCUT2D eigenvalue weighted by Gasteiger charge is -2.30. The number of ether oxygens (including phenoxy) is 1. The summed E-state index contributed by atoms with van der Waals surface area (Å²) in [6.07, 6.45) is -1.26. The number of aromatic nitrogens is 2. The Bertz CT molecular complexity index is 1060. The van der Waals surface area contributed by atoms with Gasteiger partial charge in [-0.05, 0) is 18.6 Å². The Morgan fingerprint density at radius 3 is 2.25 bits per heavy atom. The Morgan fingerprint density at radius 2 is 1.71 bits per heavy atom. The number of aryl methyl sites for hydroxylation is 1. The largest absolute Gasteiger partial charge is 0.441 e. The summed E-state index contributed by atoms with van der Waals surface area (Å²) in [5, 5.41) is 6.01. The van der Waals surface area contributed by atoms with Gasteiger partial charge in [0.15, 0.2) is 0 Å². The zero-order valence-corrected chi connectivity index (χ0v) is 16.6. The van der Waals surface area contributed by atoms with E-state index in [2.05, 4.69) is 5.10 Å². The first-order chi connectivity index (χ1) is 13.2. The molecule has 0 radical (unpaired) electrons. The molecule has 0 fully saturated rings. The lowest BCUT2D eigenvalue weighted by Crippen LogP contribution is -2.26. The molecule has 3 aromatic rings. The number of fused-ring (bicyclic) bond motifs is 1. The van der Waals surface area contributed by atoms with Gasteiger partial charge >= 0.3 is 6.09 Å². The van der Waals surface area contributed by atoms with Crippen LogP contribution >= 0.6 is 0 Å². The van der Waals surface area contributed by atoms with Crippen LogP contribution in [0.3, 0.4) is 0 Å². The van der Waals surface area contributed by atoms with Gasteiger partial charge in [0.2, 0.25) is 0 Å². The van der Waals surface area contributed by atoms with Crippen LogP contribution in [0.2, 0.25) is 0 Å². The van der Waals surface area contributed by atoms with Crippen LogP contribution in [0.5, 0.6) is 0 Å². The maximum atomic E-state index is 12.5. The highest BCUT2D eigenvalue weighted by molar-refractivity contribution is 5.93.